The van der Waals surface area contributed by atoms with E-state index < -0.39 is 5.91 Å². The zero-order valence-electron chi connectivity index (χ0n) is 15.7. The third-order valence-electron chi connectivity index (χ3n) is 4.45. The van der Waals surface area contributed by atoms with Crippen LogP contribution in [0.5, 0.6) is 5.88 Å². The Morgan fingerprint density at radius 3 is 2.93 bits per heavy atom. The Labute approximate surface area is 170 Å². The van der Waals surface area contributed by atoms with E-state index in [2.05, 4.69) is 15.5 Å². The van der Waals surface area contributed by atoms with Crippen molar-refractivity contribution in [3.8, 4) is 5.88 Å². The fourth-order valence-corrected chi connectivity index (χ4v) is 4.11. The summed E-state index contributed by atoms with van der Waals surface area (Å²) in [5, 5.41) is 6.87. The van der Waals surface area contributed by atoms with Crippen molar-refractivity contribution in [3.63, 3.8) is 0 Å². The number of aryl methyl sites for hydroxylation is 1. The van der Waals surface area contributed by atoms with Crippen LogP contribution in [0.3, 0.4) is 0 Å². The summed E-state index contributed by atoms with van der Waals surface area (Å²) in [6.07, 6.45) is 1.43. The predicted molar refractivity (Wildman–Crippen MR) is 105 cm³/mol. The van der Waals surface area contributed by atoms with E-state index >= 15 is 0 Å². The summed E-state index contributed by atoms with van der Waals surface area (Å²) in [5.41, 5.74) is 1.67. The molecule has 1 atom stereocenters. The zero-order chi connectivity index (χ0) is 20.2. The molecule has 0 aliphatic heterocycles. The quantitative estimate of drug-likeness (QED) is 0.591. The van der Waals surface area contributed by atoms with Crippen molar-refractivity contribution in [1.29, 1.82) is 0 Å². The Bertz CT molecular complexity index is 1010. The normalized spacial score (nSPS) is 15.0. The SMILES string of the molecule is CCOC(=O)C1CCc2sc(NC(=O)c3cc(OCc4ccccc4)no3)nc21. The third-order valence-corrected chi connectivity index (χ3v) is 5.50. The number of anilines is 1. The predicted octanol–water partition coefficient (Wildman–Crippen LogP) is 3.56. The third kappa shape index (κ3) is 4.29. The number of carbonyl (C=O) groups is 2. The first kappa shape index (κ1) is 19.1. The Balaban J connectivity index is 1.37. The number of ether oxygens (including phenoxy) is 2. The highest BCUT2D eigenvalue weighted by Crippen LogP contribution is 2.39. The van der Waals surface area contributed by atoms with Crippen molar-refractivity contribution in [2.45, 2.75) is 32.3 Å². The summed E-state index contributed by atoms with van der Waals surface area (Å²) in [4.78, 5) is 29.9. The van der Waals surface area contributed by atoms with Crippen molar-refractivity contribution in [1.82, 2.24) is 10.1 Å². The molecule has 1 unspecified atom stereocenters. The standard InChI is InChI=1S/C20H19N3O5S/c1-2-26-19(25)13-8-9-15-17(13)21-20(29-15)22-18(24)14-10-16(23-28-14)27-11-12-6-4-3-5-7-12/h3-7,10,13H,2,8-9,11H2,1H3,(H,21,22,24). The van der Waals surface area contributed by atoms with Crippen LogP contribution < -0.4 is 10.1 Å². The first-order valence-corrected chi connectivity index (χ1v) is 10.1. The van der Waals surface area contributed by atoms with Crippen LogP contribution in [0, 0.1) is 0 Å². The van der Waals surface area contributed by atoms with Crippen molar-refractivity contribution < 1.29 is 23.6 Å². The van der Waals surface area contributed by atoms with Crippen LogP contribution in [0.4, 0.5) is 5.13 Å². The molecule has 1 aromatic carbocycles. The van der Waals surface area contributed by atoms with Gasteiger partial charge in [0, 0.05) is 4.88 Å². The highest BCUT2D eigenvalue weighted by molar-refractivity contribution is 7.16. The molecule has 1 amide bonds. The molecule has 0 radical (unpaired) electrons. The molecule has 1 N–H and O–H groups in total. The highest BCUT2D eigenvalue weighted by atomic mass is 32.1. The number of benzene rings is 1. The minimum absolute atomic E-state index is 0.0189. The van der Waals surface area contributed by atoms with Crippen molar-refractivity contribution in [2.24, 2.45) is 0 Å². The van der Waals surface area contributed by atoms with Crippen LogP contribution in [0.2, 0.25) is 0 Å². The molecule has 0 bridgehead atoms. The molecule has 2 heterocycles. The van der Waals surface area contributed by atoms with Gasteiger partial charge in [0.05, 0.1) is 18.4 Å². The molecule has 0 spiro atoms. The van der Waals surface area contributed by atoms with Crippen LogP contribution in [-0.2, 0) is 22.6 Å². The summed E-state index contributed by atoms with van der Waals surface area (Å²) in [7, 11) is 0. The molecular formula is C20H19N3O5S. The fourth-order valence-electron chi connectivity index (χ4n) is 3.08. The molecule has 4 rings (SSSR count). The van der Waals surface area contributed by atoms with E-state index in [-0.39, 0.29) is 23.5 Å². The van der Waals surface area contributed by atoms with Gasteiger partial charge in [0.15, 0.2) is 5.13 Å². The van der Waals surface area contributed by atoms with E-state index in [4.69, 9.17) is 14.0 Å². The number of aromatic nitrogens is 2. The molecule has 29 heavy (non-hydrogen) atoms. The van der Waals surface area contributed by atoms with Crippen LogP contribution in [0.1, 0.15) is 46.0 Å². The number of carbonyl (C=O) groups excluding carboxylic acids is 2. The van der Waals surface area contributed by atoms with Crippen LogP contribution in [-0.4, -0.2) is 28.6 Å². The number of rotatable bonds is 7. The Morgan fingerprint density at radius 2 is 2.14 bits per heavy atom. The molecule has 150 valence electrons. The molecule has 2 aromatic heterocycles. The molecule has 0 fully saturated rings. The minimum atomic E-state index is -0.479. The number of thiazole rings is 1. The second-order valence-corrected chi connectivity index (χ2v) is 7.51. The van der Waals surface area contributed by atoms with Gasteiger partial charge >= 0.3 is 5.97 Å². The maximum atomic E-state index is 12.4. The first-order valence-electron chi connectivity index (χ1n) is 9.25. The lowest BCUT2D eigenvalue weighted by atomic mass is 10.1. The van der Waals surface area contributed by atoms with Crippen LogP contribution in [0.15, 0.2) is 40.9 Å². The molecule has 9 heteroatoms. The smallest absolute Gasteiger partial charge is 0.315 e. The van der Waals surface area contributed by atoms with Gasteiger partial charge in [0.2, 0.25) is 5.76 Å². The zero-order valence-corrected chi connectivity index (χ0v) is 16.5. The number of hydrogen-bond acceptors (Lipinski definition) is 8. The monoisotopic (exact) mass is 413 g/mol. The maximum Gasteiger partial charge on any atom is 0.315 e. The van der Waals surface area contributed by atoms with Crippen LogP contribution in [0.25, 0.3) is 0 Å². The lowest BCUT2D eigenvalue weighted by molar-refractivity contribution is -0.145. The summed E-state index contributed by atoms with van der Waals surface area (Å²) >= 11 is 1.35. The van der Waals surface area contributed by atoms with E-state index in [0.717, 1.165) is 16.9 Å². The van der Waals surface area contributed by atoms with Crippen LogP contribution >= 0.6 is 11.3 Å². The number of nitrogens with zero attached hydrogens (tertiary/aromatic N) is 2. The van der Waals surface area contributed by atoms with Crippen molar-refractivity contribution in [2.75, 3.05) is 11.9 Å². The van der Waals surface area contributed by atoms with Gasteiger partial charge in [-0.15, -0.1) is 11.3 Å². The number of nitrogens with one attached hydrogen (secondary N) is 1. The van der Waals surface area contributed by atoms with Gasteiger partial charge in [-0.1, -0.05) is 30.3 Å². The molecule has 8 nitrogen and oxygen atoms in total. The lowest BCUT2D eigenvalue weighted by Crippen LogP contribution is -2.15. The topological polar surface area (TPSA) is 104 Å². The van der Waals surface area contributed by atoms with E-state index in [1.165, 1.54) is 17.4 Å². The van der Waals surface area contributed by atoms with E-state index in [9.17, 15) is 9.59 Å². The maximum absolute atomic E-state index is 12.4. The molecular weight excluding hydrogens is 394 g/mol. The summed E-state index contributed by atoms with van der Waals surface area (Å²) in [5.74, 6) is -0.875. The Kier molecular flexibility index (Phi) is 5.57. The summed E-state index contributed by atoms with van der Waals surface area (Å²) in [6, 6.07) is 11.0. The van der Waals surface area contributed by atoms with E-state index in [1.54, 1.807) is 6.92 Å². The van der Waals surface area contributed by atoms with E-state index in [1.807, 2.05) is 30.3 Å². The molecule has 1 aliphatic carbocycles. The molecule has 0 saturated carbocycles. The Morgan fingerprint density at radius 1 is 1.31 bits per heavy atom. The van der Waals surface area contributed by atoms with Crippen molar-refractivity contribution >= 4 is 28.3 Å². The fraction of sp³-hybridized carbons (Fsp3) is 0.300. The van der Waals surface area contributed by atoms with Crippen molar-refractivity contribution in [3.05, 3.63) is 58.3 Å². The number of fused-ring (bicyclic) bond motifs is 1. The number of hydrogen-bond donors (Lipinski definition) is 1. The van der Waals surface area contributed by atoms with Gasteiger partial charge in [0.1, 0.15) is 12.5 Å². The van der Waals surface area contributed by atoms with Gasteiger partial charge in [-0.3, -0.25) is 14.9 Å². The summed E-state index contributed by atoms with van der Waals surface area (Å²) in [6.45, 7) is 2.43. The van der Waals surface area contributed by atoms with Gasteiger partial charge in [-0.2, -0.15) is 0 Å². The lowest BCUT2D eigenvalue weighted by Gasteiger charge is -2.07. The van der Waals surface area contributed by atoms with Gasteiger partial charge in [0.25, 0.3) is 11.8 Å². The molecule has 0 saturated heterocycles. The van der Waals surface area contributed by atoms with E-state index in [0.29, 0.717) is 30.5 Å². The minimum Gasteiger partial charge on any atom is -0.471 e. The largest absolute Gasteiger partial charge is 0.471 e. The highest BCUT2D eigenvalue weighted by Gasteiger charge is 2.34. The molecule has 3 aromatic rings. The Hall–Kier alpha value is -3.20. The molecule has 1 aliphatic rings. The first-order chi connectivity index (χ1) is 14.1. The number of esters is 1. The van der Waals surface area contributed by atoms with Gasteiger partial charge in [-0.05, 0) is 30.5 Å². The average Bonchev–Trinajstić information content (AvgIpc) is 3.43. The number of amides is 1. The second kappa shape index (κ2) is 8.44. The van der Waals surface area contributed by atoms with Gasteiger partial charge < -0.3 is 14.0 Å². The van der Waals surface area contributed by atoms with Gasteiger partial charge in [-0.25, -0.2) is 4.98 Å². The summed E-state index contributed by atoms with van der Waals surface area (Å²) < 4.78 is 15.7. The average molecular weight is 413 g/mol. The second-order valence-electron chi connectivity index (χ2n) is 6.43.